The fourth-order valence-electron chi connectivity index (χ4n) is 3.12. The second kappa shape index (κ2) is 5.35. The highest BCUT2D eigenvalue weighted by molar-refractivity contribution is 7.89. The van der Waals surface area contributed by atoms with Gasteiger partial charge in [-0.15, -0.1) is 0 Å². The number of fused-ring (bicyclic) bond motifs is 1. The molecule has 0 amide bonds. The standard InChI is InChI=1S/C14H20N2O3S/c1-2-19-12-3-5-13(6-4-12)20(17,18)16-8-7-11-9-15-10-14(11)16/h3-6,11,14-15H,2,7-10H2,1H3/t11-,14+/m0/s1. The lowest BCUT2D eigenvalue weighted by molar-refractivity contribution is 0.340. The molecule has 2 aliphatic rings. The zero-order chi connectivity index (χ0) is 14.2. The summed E-state index contributed by atoms with van der Waals surface area (Å²) in [6.45, 7) is 4.81. The number of sulfonamides is 1. The molecule has 110 valence electrons. The first-order valence-corrected chi connectivity index (χ1v) is 8.52. The smallest absolute Gasteiger partial charge is 0.243 e. The predicted molar refractivity (Wildman–Crippen MR) is 76.3 cm³/mol. The van der Waals surface area contributed by atoms with Gasteiger partial charge in [0.1, 0.15) is 5.75 Å². The summed E-state index contributed by atoms with van der Waals surface area (Å²) >= 11 is 0. The largest absolute Gasteiger partial charge is 0.494 e. The van der Waals surface area contributed by atoms with Crippen LogP contribution in [0.5, 0.6) is 5.75 Å². The molecular formula is C14H20N2O3S. The molecule has 0 saturated carbocycles. The van der Waals surface area contributed by atoms with Crippen LogP contribution in [0, 0.1) is 5.92 Å². The molecule has 5 nitrogen and oxygen atoms in total. The lowest BCUT2D eigenvalue weighted by atomic mass is 10.1. The van der Waals surface area contributed by atoms with Crippen molar-refractivity contribution in [1.82, 2.24) is 9.62 Å². The number of benzene rings is 1. The van der Waals surface area contributed by atoms with E-state index in [0.717, 1.165) is 19.5 Å². The van der Waals surface area contributed by atoms with E-state index in [1.807, 2.05) is 6.92 Å². The Labute approximate surface area is 120 Å². The third-order valence-electron chi connectivity index (χ3n) is 4.14. The van der Waals surface area contributed by atoms with Crippen LogP contribution in [-0.4, -0.2) is 45.0 Å². The molecule has 2 heterocycles. The van der Waals surface area contributed by atoms with Gasteiger partial charge in [-0.3, -0.25) is 0 Å². The van der Waals surface area contributed by atoms with Gasteiger partial charge in [0.2, 0.25) is 10.0 Å². The van der Waals surface area contributed by atoms with Crippen molar-refractivity contribution in [3.63, 3.8) is 0 Å². The minimum atomic E-state index is -3.39. The number of hydrogen-bond donors (Lipinski definition) is 1. The van der Waals surface area contributed by atoms with Crippen molar-refractivity contribution >= 4 is 10.0 Å². The summed E-state index contributed by atoms with van der Waals surface area (Å²) in [5.74, 6) is 1.17. The molecule has 0 bridgehead atoms. The van der Waals surface area contributed by atoms with Gasteiger partial charge in [-0.2, -0.15) is 4.31 Å². The molecule has 2 atom stereocenters. The highest BCUT2D eigenvalue weighted by Gasteiger charge is 2.43. The van der Waals surface area contributed by atoms with E-state index in [1.54, 1.807) is 28.6 Å². The van der Waals surface area contributed by atoms with Gasteiger partial charge in [0, 0.05) is 19.1 Å². The van der Waals surface area contributed by atoms with Crippen molar-refractivity contribution < 1.29 is 13.2 Å². The van der Waals surface area contributed by atoms with Crippen molar-refractivity contribution in [2.45, 2.75) is 24.3 Å². The Morgan fingerprint density at radius 2 is 2.05 bits per heavy atom. The van der Waals surface area contributed by atoms with Gasteiger partial charge < -0.3 is 10.1 Å². The molecule has 1 aromatic rings. The van der Waals surface area contributed by atoms with E-state index < -0.39 is 10.0 Å². The Morgan fingerprint density at radius 1 is 1.30 bits per heavy atom. The maximum Gasteiger partial charge on any atom is 0.243 e. The van der Waals surface area contributed by atoms with Gasteiger partial charge in [0.25, 0.3) is 0 Å². The number of rotatable bonds is 4. The molecule has 2 fully saturated rings. The monoisotopic (exact) mass is 296 g/mol. The van der Waals surface area contributed by atoms with E-state index in [0.29, 0.717) is 29.7 Å². The van der Waals surface area contributed by atoms with Crippen LogP contribution >= 0.6 is 0 Å². The minimum absolute atomic E-state index is 0.117. The molecule has 0 aromatic heterocycles. The fourth-order valence-corrected chi connectivity index (χ4v) is 4.82. The molecule has 3 rings (SSSR count). The third-order valence-corrected chi connectivity index (χ3v) is 6.07. The summed E-state index contributed by atoms with van der Waals surface area (Å²) in [5, 5.41) is 3.28. The lowest BCUT2D eigenvalue weighted by Gasteiger charge is -2.22. The van der Waals surface area contributed by atoms with Crippen molar-refractivity contribution in [3.8, 4) is 5.75 Å². The lowest BCUT2D eigenvalue weighted by Crippen LogP contribution is -2.38. The molecule has 0 radical (unpaired) electrons. The summed E-state index contributed by atoms with van der Waals surface area (Å²) in [5.41, 5.74) is 0. The van der Waals surface area contributed by atoms with Crippen LogP contribution in [0.15, 0.2) is 29.2 Å². The average Bonchev–Trinajstić information content (AvgIpc) is 3.01. The SMILES string of the molecule is CCOc1ccc(S(=O)(=O)N2CC[C@H]3CNC[C@H]32)cc1. The first-order valence-electron chi connectivity index (χ1n) is 7.08. The summed E-state index contributed by atoms with van der Waals surface area (Å²) in [6.07, 6.45) is 0.952. The van der Waals surface area contributed by atoms with E-state index in [1.165, 1.54) is 0 Å². The first-order chi connectivity index (χ1) is 9.63. The van der Waals surface area contributed by atoms with Gasteiger partial charge in [0.05, 0.1) is 11.5 Å². The molecule has 2 saturated heterocycles. The fraction of sp³-hybridized carbons (Fsp3) is 0.571. The van der Waals surface area contributed by atoms with Gasteiger partial charge in [-0.05, 0) is 50.1 Å². The molecule has 0 aliphatic carbocycles. The van der Waals surface area contributed by atoms with Gasteiger partial charge >= 0.3 is 0 Å². The number of hydrogen-bond acceptors (Lipinski definition) is 4. The van der Waals surface area contributed by atoms with E-state index >= 15 is 0 Å². The Morgan fingerprint density at radius 3 is 2.75 bits per heavy atom. The Balaban J connectivity index is 1.84. The quantitative estimate of drug-likeness (QED) is 0.903. The average molecular weight is 296 g/mol. The molecule has 2 aliphatic heterocycles. The minimum Gasteiger partial charge on any atom is -0.494 e. The van der Waals surface area contributed by atoms with Crippen LogP contribution in [0.3, 0.4) is 0 Å². The molecular weight excluding hydrogens is 276 g/mol. The van der Waals surface area contributed by atoms with Crippen molar-refractivity contribution in [3.05, 3.63) is 24.3 Å². The second-order valence-corrected chi connectivity index (χ2v) is 7.19. The zero-order valence-corrected chi connectivity index (χ0v) is 12.4. The highest BCUT2D eigenvalue weighted by atomic mass is 32.2. The predicted octanol–water partition coefficient (Wildman–Crippen LogP) is 1.07. The van der Waals surface area contributed by atoms with Crippen LogP contribution in [0.25, 0.3) is 0 Å². The highest BCUT2D eigenvalue weighted by Crippen LogP contribution is 2.32. The van der Waals surface area contributed by atoms with Crippen LogP contribution in [-0.2, 0) is 10.0 Å². The molecule has 0 spiro atoms. The molecule has 6 heteroatoms. The van der Waals surface area contributed by atoms with Crippen molar-refractivity contribution in [2.75, 3.05) is 26.2 Å². The molecule has 20 heavy (non-hydrogen) atoms. The van der Waals surface area contributed by atoms with Crippen LogP contribution in [0.2, 0.25) is 0 Å². The third kappa shape index (κ3) is 2.32. The number of nitrogens with zero attached hydrogens (tertiary/aromatic N) is 1. The van der Waals surface area contributed by atoms with E-state index in [9.17, 15) is 8.42 Å². The van der Waals surface area contributed by atoms with Gasteiger partial charge in [-0.25, -0.2) is 8.42 Å². The van der Waals surface area contributed by atoms with Crippen LogP contribution in [0.4, 0.5) is 0 Å². The number of ether oxygens (including phenoxy) is 1. The Kier molecular flexibility index (Phi) is 3.70. The first kappa shape index (κ1) is 13.9. The Hall–Kier alpha value is -1.11. The van der Waals surface area contributed by atoms with Crippen molar-refractivity contribution in [1.29, 1.82) is 0 Å². The van der Waals surface area contributed by atoms with Crippen LogP contribution < -0.4 is 10.1 Å². The van der Waals surface area contributed by atoms with E-state index in [-0.39, 0.29) is 6.04 Å². The maximum atomic E-state index is 12.7. The summed E-state index contributed by atoms with van der Waals surface area (Å²) in [7, 11) is -3.39. The van der Waals surface area contributed by atoms with E-state index in [2.05, 4.69) is 5.32 Å². The van der Waals surface area contributed by atoms with Gasteiger partial charge in [0.15, 0.2) is 0 Å². The summed E-state index contributed by atoms with van der Waals surface area (Å²) in [4.78, 5) is 0.355. The number of nitrogens with one attached hydrogen (secondary N) is 1. The molecule has 1 N–H and O–H groups in total. The van der Waals surface area contributed by atoms with Gasteiger partial charge in [-0.1, -0.05) is 0 Å². The maximum absolute atomic E-state index is 12.7. The zero-order valence-electron chi connectivity index (χ0n) is 11.6. The Bertz CT molecular complexity index is 571. The second-order valence-electron chi connectivity index (χ2n) is 5.29. The van der Waals surface area contributed by atoms with Crippen LogP contribution in [0.1, 0.15) is 13.3 Å². The topological polar surface area (TPSA) is 58.6 Å². The van der Waals surface area contributed by atoms with Crippen molar-refractivity contribution in [2.24, 2.45) is 5.92 Å². The summed E-state index contributed by atoms with van der Waals surface area (Å²) < 4.78 is 32.4. The normalized spacial score (nSPS) is 26.6. The summed E-state index contributed by atoms with van der Waals surface area (Å²) in [6, 6.07) is 6.83. The molecule has 1 aromatic carbocycles. The molecule has 0 unspecified atom stereocenters. The van der Waals surface area contributed by atoms with E-state index in [4.69, 9.17) is 4.74 Å².